The maximum absolute atomic E-state index is 2.38. The smallest absolute Gasteiger partial charge is 0.0402 e. The van der Waals surface area contributed by atoms with E-state index in [0.717, 1.165) is 0 Å². The topological polar surface area (TPSA) is 3.24 Å². The van der Waals surface area contributed by atoms with Crippen molar-refractivity contribution in [2.45, 2.75) is 56.2 Å². The number of hydrogen-bond donors (Lipinski definition) is 0. The largest absolute Gasteiger partial charge is 0.377 e. The first-order valence-corrected chi connectivity index (χ1v) is 9.64. The molecule has 0 atom stereocenters. The third kappa shape index (κ3) is 5.61. The van der Waals surface area contributed by atoms with Gasteiger partial charge in [-0.25, -0.2) is 0 Å². The third-order valence-electron chi connectivity index (χ3n) is 3.26. The van der Waals surface area contributed by atoms with E-state index in [1.165, 1.54) is 58.2 Å². The Bertz CT molecular complexity index is 402. The molecule has 0 N–H and O–H groups in total. The van der Waals surface area contributed by atoms with E-state index in [1.807, 2.05) is 23.5 Å². The average molecular weight is 312 g/mol. The summed E-state index contributed by atoms with van der Waals surface area (Å²) in [5.41, 5.74) is 2.73. The first-order chi connectivity index (χ1) is 9.60. The van der Waals surface area contributed by atoms with Crippen molar-refractivity contribution < 1.29 is 0 Å². The summed E-state index contributed by atoms with van der Waals surface area (Å²) in [7, 11) is 4.26. The molecule has 0 bridgehead atoms. The maximum Gasteiger partial charge on any atom is 0.0402 e. The second-order valence-corrected chi connectivity index (χ2v) is 7.66. The molecule has 1 aromatic carbocycles. The zero-order valence-corrected chi connectivity index (χ0v) is 15.3. The van der Waals surface area contributed by atoms with Gasteiger partial charge >= 0.3 is 0 Å². The molecule has 0 spiro atoms. The van der Waals surface area contributed by atoms with E-state index in [-0.39, 0.29) is 0 Å². The second kappa shape index (κ2) is 9.62. The molecule has 0 aromatic heterocycles. The Morgan fingerprint density at radius 3 is 1.85 bits per heavy atom. The summed E-state index contributed by atoms with van der Waals surface area (Å²) >= 11 is 4.05. The molecular weight excluding hydrogens is 282 g/mol. The van der Waals surface area contributed by atoms with Crippen molar-refractivity contribution in [3.05, 3.63) is 17.7 Å². The number of hydrogen-bond acceptors (Lipinski definition) is 3. The highest BCUT2D eigenvalue weighted by Gasteiger charge is 2.10. The van der Waals surface area contributed by atoms with Crippen LogP contribution in [0.1, 0.15) is 45.1 Å². The molecule has 3 heteroatoms. The van der Waals surface area contributed by atoms with Gasteiger partial charge in [-0.05, 0) is 49.0 Å². The minimum Gasteiger partial charge on any atom is -0.377 e. The Kier molecular flexibility index (Phi) is 8.55. The maximum atomic E-state index is 2.38. The summed E-state index contributed by atoms with van der Waals surface area (Å²) in [6, 6.07) is 4.76. The highest BCUT2D eigenvalue weighted by Crippen LogP contribution is 2.36. The summed E-state index contributed by atoms with van der Waals surface area (Å²) in [5, 5.41) is 0. The number of nitrogens with zero attached hydrogens (tertiary/aromatic N) is 1. The van der Waals surface area contributed by atoms with E-state index < -0.39 is 0 Å². The lowest BCUT2D eigenvalue weighted by atomic mass is 10.2. The molecule has 1 rings (SSSR count). The molecule has 20 heavy (non-hydrogen) atoms. The molecule has 0 saturated heterocycles. The van der Waals surface area contributed by atoms with E-state index in [4.69, 9.17) is 0 Å². The molecular formula is C17H29NS2. The molecule has 0 saturated carbocycles. The van der Waals surface area contributed by atoms with Crippen molar-refractivity contribution >= 4 is 29.2 Å². The predicted octanol–water partition coefficient (Wildman–Crippen LogP) is 5.85. The molecule has 0 unspecified atom stereocenters. The van der Waals surface area contributed by atoms with Crippen LogP contribution in [-0.4, -0.2) is 25.6 Å². The molecule has 0 aliphatic heterocycles. The van der Waals surface area contributed by atoms with Gasteiger partial charge in [0.2, 0.25) is 0 Å². The van der Waals surface area contributed by atoms with Crippen molar-refractivity contribution in [2.24, 2.45) is 0 Å². The second-order valence-electron chi connectivity index (χ2n) is 5.38. The van der Waals surface area contributed by atoms with E-state index in [9.17, 15) is 0 Å². The van der Waals surface area contributed by atoms with Crippen molar-refractivity contribution in [2.75, 3.05) is 30.5 Å². The minimum atomic E-state index is 1.23. The van der Waals surface area contributed by atoms with E-state index >= 15 is 0 Å². The molecule has 0 radical (unpaired) electrons. The van der Waals surface area contributed by atoms with E-state index in [2.05, 4.69) is 51.9 Å². The van der Waals surface area contributed by atoms with Crippen LogP contribution in [0.25, 0.3) is 0 Å². The number of unbranched alkanes of at least 4 members (excludes halogenated alkanes) is 2. The molecule has 0 fully saturated rings. The lowest BCUT2D eigenvalue weighted by Gasteiger charge is -2.19. The van der Waals surface area contributed by atoms with Crippen LogP contribution in [-0.2, 0) is 0 Å². The third-order valence-corrected chi connectivity index (χ3v) is 5.67. The van der Waals surface area contributed by atoms with Gasteiger partial charge < -0.3 is 4.90 Å². The average Bonchev–Trinajstić information content (AvgIpc) is 2.41. The SMILES string of the molecule is CCCCSc1cc(C)c(N(C)C)cc1SCCCC. The monoisotopic (exact) mass is 311 g/mol. The van der Waals surface area contributed by atoms with Crippen LogP contribution in [0, 0.1) is 6.92 Å². The first kappa shape index (κ1) is 17.8. The quantitative estimate of drug-likeness (QED) is 0.416. The van der Waals surface area contributed by atoms with Gasteiger partial charge in [-0.2, -0.15) is 0 Å². The fourth-order valence-electron chi connectivity index (χ4n) is 2.01. The van der Waals surface area contributed by atoms with Gasteiger partial charge in [0.1, 0.15) is 0 Å². The van der Waals surface area contributed by atoms with Crippen LogP contribution >= 0.6 is 23.5 Å². The van der Waals surface area contributed by atoms with Gasteiger partial charge in [0.15, 0.2) is 0 Å². The van der Waals surface area contributed by atoms with Gasteiger partial charge in [-0.3, -0.25) is 0 Å². The van der Waals surface area contributed by atoms with Crippen molar-refractivity contribution in [3.8, 4) is 0 Å². The van der Waals surface area contributed by atoms with Crippen molar-refractivity contribution in [1.82, 2.24) is 0 Å². The molecule has 0 amide bonds. The van der Waals surface area contributed by atoms with Gasteiger partial charge in [-0.15, -0.1) is 23.5 Å². The van der Waals surface area contributed by atoms with Crippen LogP contribution in [0.2, 0.25) is 0 Å². The van der Waals surface area contributed by atoms with Crippen LogP contribution in [0.5, 0.6) is 0 Å². The minimum absolute atomic E-state index is 1.23. The Morgan fingerprint density at radius 1 is 0.900 bits per heavy atom. The Labute approximate surface area is 133 Å². The zero-order valence-electron chi connectivity index (χ0n) is 13.7. The van der Waals surface area contributed by atoms with Crippen LogP contribution < -0.4 is 4.90 Å². The summed E-state index contributed by atoms with van der Waals surface area (Å²) in [5.74, 6) is 2.46. The Hall–Kier alpha value is -0.280. The molecule has 1 nitrogen and oxygen atoms in total. The van der Waals surface area contributed by atoms with Crippen LogP contribution in [0.4, 0.5) is 5.69 Å². The van der Waals surface area contributed by atoms with Gasteiger partial charge in [0.05, 0.1) is 0 Å². The van der Waals surface area contributed by atoms with Crippen molar-refractivity contribution in [1.29, 1.82) is 0 Å². The summed E-state index contributed by atoms with van der Waals surface area (Å²) in [6.45, 7) is 6.75. The Morgan fingerprint density at radius 2 is 1.40 bits per heavy atom. The van der Waals surface area contributed by atoms with Gasteiger partial charge in [0, 0.05) is 29.6 Å². The number of anilines is 1. The number of rotatable bonds is 9. The van der Waals surface area contributed by atoms with Crippen molar-refractivity contribution in [3.63, 3.8) is 0 Å². The molecule has 0 heterocycles. The lowest BCUT2D eigenvalue weighted by Crippen LogP contribution is -2.10. The fraction of sp³-hybridized carbons (Fsp3) is 0.647. The molecule has 1 aromatic rings. The fourth-order valence-corrected chi connectivity index (χ4v) is 4.53. The summed E-state index contributed by atoms with van der Waals surface area (Å²) in [6.07, 6.45) is 5.16. The van der Waals surface area contributed by atoms with Gasteiger partial charge in [0.25, 0.3) is 0 Å². The van der Waals surface area contributed by atoms with E-state index in [1.54, 1.807) is 0 Å². The summed E-state index contributed by atoms with van der Waals surface area (Å²) in [4.78, 5) is 5.16. The normalized spacial score (nSPS) is 10.8. The van der Waals surface area contributed by atoms with E-state index in [0.29, 0.717) is 0 Å². The standard InChI is InChI=1S/C17H29NS2/c1-6-8-10-19-16-12-14(3)15(18(4)5)13-17(16)20-11-9-7-2/h12-13H,6-11H2,1-5H3. The molecule has 0 aliphatic carbocycles. The molecule has 0 aliphatic rings. The number of aryl methyl sites for hydroxylation is 1. The van der Waals surface area contributed by atoms with Gasteiger partial charge in [-0.1, -0.05) is 26.7 Å². The molecule has 114 valence electrons. The van der Waals surface area contributed by atoms with Crippen LogP contribution in [0.15, 0.2) is 21.9 Å². The zero-order chi connectivity index (χ0) is 15.0. The van der Waals surface area contributed by atoms with Crippen LogP contribution in [0.3, 0.4) is 0 Å². The highest BCUT2D eigenvalue weighted by molar-refractivity contribution is 8.02. The Balaban J connectivity index is 2.90. The number of benzene rings is 1. The predicted molar refractivity (Wildman–Crippen MR) is 96.8 cm³/mol. The highest BCUT2D eigenvalue weighted by atomic mass is 32.2. The summed E-state index contributed by atoms with van der Waals surface area (Å²) < 4.78 is 0. The first-order valence-electron chi connectivity index (χ1n) is 7.67. The lowest BCUT2D eigenvalue weighted by molar-refractivity contribution is 0.893. The number of thioether (sulfide) groups is 2.